The van der Waals surface area contributed by atoms with Crippen LogP contribution in [0.1, 0.15) is 24.8 Å². The summed E-state index contributed by atoms with van der Waals surface area (Å²) >= 11 is 0. The molecular formula is C18H22O7. The quantitative estimate of drug-likeness (QED) is 0.641. The van der Waals surface area contributed by atoms with Crippen LogP contribution in [-0.2, 0) is 23.9 Å². The lowest BCUT2D eigenvalue weighted by molar-refractivity contribution is -0.170. The Morgan fingerprint density at radius 3 is 2.36 bits per heavy atom. The molecule has 4 atom stereocenters. The van der Waals surface area contributed by atoms with Crippen molar-refractivity contribution in [3.8, 4) is 5.75 Å². The lowest BCUT2D eigenvalue weighted by Crippen LogP contribution is -2.55. The molecule has 2 rings (SSSR count). The van der Waals surface area contributed by atoms with Crippen LogP contribution in [0, 0.1) is 11.8 Å². The number of ether oxygens (including phenoxy) is 3. The Morgan fingerprint density at radius 1 is 1.16 bits per heavy atom. The minimum atomic E-state index is -1.65. The van der Waals surface area contributed by atoms with Gasteiger partial charge in [-0.05, 0) is 24.6 Å². The third-order valence-corrected chi connectivity index (χ3v) is 4.66. The number of rotatable bonds is 4. The summed E-state index contributed by atoms with van der Waals surface area (Å²) < 4.78 is 14.8. The Morgan fingerprint density at radius 2 is 1.80 bits per heavy atom. The van der Waals surface area contributed by atoms with Crippen LogP contribution >= 0.6 is 0 Å². The highest BCUT2D eigenvalue weighted by Crippen LogP contribution is 2.47. The highest BCUT2D eigenvalue weighted by Gasteiger charge is 2.56. The number of methoxy groups -OCH3 is 3. The molecule has 0 unspecified atom stereocenters. The zero-order valence-corrected chi connectivity index (χ0v) is 14.6. The van der Waals surface area contributed by atoms with Crippen LogP contribution in [0.25, 0.3) is 0 Å². The van der Waals surface area contributed by atoms with Crippen LogP contribution in [0.15, 0.2) is 24.3 Å². The minimum Gasteiger partial charge on any atom is -0.497 e. The highest BCUT2D eigenvalue weighted by molar-refractivity contribution is 6.02. The van der Waals surface area contributed by atoms with E-state index in [9.17, 15) is 19.5 Å². The van der Waals surface area contributed by atoms with E-state index >= 15 is 0 Å². The van der Waals surface area contributed by atoms with Crippen molar-refractivity contribution in [1.29, 1.82) is 0 Å². The van der Waals surface area contributed by atoms with Gasteiger partial charge >= 0.3 is 11.9 Å². The average molecular weight is 350 g/mol. The van der Waals surface area contributed by atoms with E-state index in [-0.39, 0.29) is 6.42 Å². The Bertz CT molecular complexity index is 680. The Hall–Kier alpha value is -2.41. The molecule has 0 saturated heterocycles. The van der Waals surface area contributed by atoms with Gasteiger partial charge in [-0.2, -0.15) is 0 Å². The molecular weight excluding hydrogens is 328 g/mol. The van der Waals surface area contributed by atoms with Crippen LogP contribution in [-0.4, -0.2) is 49.8 Å². The predicted molar refractivity (Wildman–Crippen MR) is 87.0 cm³/mol. The predicted octanol–water partition coefficient (Wildman–Crippen LogP) is 1.08. The maximum Gasteiger partial charge on any atom is 0.316 e. The van der Waals surface area contributed by atoms with Gasteiger partial charge in [-0.25, -0.2) is 0 Å². The van der Waals surface area contributed by atoms with E-state index in [0.29, 0.717) is 11.3 Å². The summed E-state index contributed by atoms with van der Waals surface area (Å²) in [5.74, 6) is -4.66. The van der Waals surface area contributed by atoms with Crippen molar-refractivity contribution >= 4 is 17.7 Å². The zero-order chi connectivity index (χ0) is 18.8. The van der Waals surface area contributed by atoms with Crippen LogP contribution in [0.5, 0.6) is 5.75 Å². The van der Waals surface area contributed by atoms with E-state index in [1.165, 1.54) is 28.3 Å². The van der Waals surface area contributed by atoms with Gasteiger partial charge in [-0.1, -0.05) is 12.1 Å². The fourth-order valence-corrected chi connectivity index (χ4v) is 3.52. The van der Waals surface area contributed by atoms with E-state index in [2.05, 4.69) is 0 Å². The Kier molecular flexibility index (Phi) is 5.47. The van der Waals surface area contributed by atoms with Crippen molar-refractivity contribution in [2.24, 2.45) is 11.8 Å². The van der Waals surface area contributed by atoms with Gasteiger partial charge < -0.3 is 19.3 Å². The van der Waals surface area contributed by atoms with Gasteiger partial charge in [0.25, 0.3) is 0 Å². The first kappa shape index (κ1) is 18.9. The van der Waals surface area contributed by atoms with Gasteiger partial charge in [-0.3, -0.25) is 14.4 Å². The molecule has 136 valence electrons. The lowest BCUT2D eigenvalue weighted by Gasteiger charge is -2.43. The van der Waals surface area contributed by atoms with Gasteiger partial charge in [-0.15, -0.1) is 0 Å². The molecule has 7 nitrogen and oxygen atoms in total. The Balaban J connectivity index is 2.66. The first-order valence-electron chi connectivity index (χ1n) is 7.81. The minimum absolute atomic E-state index is 0.340. The second-order valence-electron chi connectivity index (χ2n) is 6.30. The number of benzene rings is 1. The number of Topliss-reactive ketones (excluding diaryl/α,β-unsaturated/α-hetero) is 1. The number of carbonyl (C=O) groups excluding carboxylic acids is 3. The first-order chi connectivity index (χ1) is 11.8. The summed E-state index contributed by atoms with van der Waals surface area (Å²) in [5, 5.41) is 10.7. The molecule has 1 aliphatic rings. The molecule has 0 radical (unpaired) electrons. The van der Waals surface area contributed by atoms with Gasteiger partial charge in [0.2, 0.25) is 0 Å². The number of hydrogen-bond donors (Lipinski definition) is 1. The average Bonchev–Trinajstić information content (AvgIpc) is 2.59. The second kappa shape index (κ2) is 7.23. The number of ketones is 1. The van der Waals surface area contributed by atoms with Crippen molar-refractivity contribution in [2.75, 3.05) is 21.3 Å². The fraction of sp³-hybridized carbons (Fsp3) is 0.500. The normalized spacial score (nSPS) is 29.0. The molecule has 0 amide bonds. The summed E-state index contributed by atoms with van der Waals surface area (Å²) in [4.78, 5) is 37.2. The molecule has 1 N–H and O–H groups in total. The summed E-state index contributed by atoms with van der Waals surface area (Å²) in [6.07, 6.45) is -0.340. The van der Waals surface area contributed by atoms with Crippen molar-refractivity contribution < 1.29 is 33.7 Å². The van der Waals surface area contributed by atoms with Gasteiger partial charge in [0.15, 0.2) is 5.78 Å². The van der Waals surface area contributed by atoms with E-state index in [4.69, 9.17) is 14.2 Å². The van der Waals surface area contributed by atoms with Crippen molar-refractivity contribution in [1.82, 2.24) is 0 Å². The molecule has 0 aliphatic heterocycles. The third-order valence-electron chi connectivity index (χ3n) is 4.66. The van der Waals surface area contributed by atoms with E-state index < -0.39 is 41.1 Å². The smallest absolute Gasteiger partial charge is 0.316 e. The summed E-state index contributed by atoms with van der Waals surface area (Å²) in [5.41, 5.74) is -1.14. The number of aliphatic hydroxyl groups is 1. The fourth-order valence-electron chi connectivity index (χ4n) is 3.52. The molecule has 0 aromatic heterocycles. The number of esters is 2. The molecule has 7 heteroatoms. The molecule has 25 heavy (non-hydrogen) atoms. The van der Waals surface area contributed by atoms with Crippen LogP contribution in [0.3, 0.4) is 0 Å². The molecule has 0 spiro atoms. The maximum absolute atomic E-state index is 12.6. The Labute approximate surface area is 145 Å². The number of carbonyl (C=O) groups is 3. The zero-order valence-electron chi connectivity index (χ0n) is 14.6. The van der Waals surface area contributed by atoms with Crippen molar-refractivity contribution in [3.05, 3.63) is 29.8 Å². The van der Waals surface area contributed by atoms with E-state index in [1.54, 1.807) is 24.3 Å². The maximum atomic E-state index is 12.6. The van der Waals surface area contributed by atoms with Crippen molar-refractivity contribution in [2.45, 2.75) is 24.9 Å². The monoisotopic (exact) mass is 350 g/mol. The van der Waals surface area contributed by atoms with Crippen LogP contribution < -0.4 is 4.74 Å². The summed E-state index contributed by atoms with van der Waals surface area (Å²) in [6, 6.07) is 6.69. The molecule has 1 fully saturated rings. The topological polar surface area (TPSA) is 99.1 Å². The van der Waals surface area contributed by atoms with Crippen LogP contribution in [0.2, 0.25) is 0 Å². The third kappa shape index (κ3) is 3.51. The summed E-state index contributed by atoms with van der Waals surface area (Å²) in [6.45, 7) is 1.40. The molecule has 1 aromatic rings. The molecule has 0 bridgehead atoms. The first-order valence-corrected chi connectivity index (χ1v) is 7.81. The molecule has 0 heterocycles. The van der Waals surface area contributed by atoms with Gasteiger partial charge in [0.05, 0.1) is 32.8 Å². The highest BCUT2D eigenvalue weighted by atomic mass is 16.5. The molecule has 1 aliphatic carbocycles. The van der Waals surface area contributed by atoms with Gasteiger partial charge in [0.1, 0.15) is 11.7 Å². The largest absolute Gasteiger partial charge is 0.497 e. The molecule has 1 aromatic carbocycles. The number of hydrogen-bond acceptors (Lipinski definition) is 7. The van der Waals surface area contributed by atoms with E-state index in [1.807, 2.05) is 0 Å². The SMILES string of the molecule is COC(=O)[C@H]1C(=O)C[C@@](C)(O)[C@@H](C(=O)OC)[C@H]1c1cccc(OC)c1. The van der Waals surface area contributed by atoms with E-state index in [0.717, 1.165) is 0 Å². The summed E-state index contributed by atoms with van der Waals surface area (Å²) in [7, 11) is 3.86. The van der Waals surface area contributed by atoms with Crippen LogP contribution in [0.4, 0.5) is 0 Å². The van der Waals surface area contributed by atoms with Gasteiger partial charge in [0, 0.05) is 12.3 Å². The second-order valence-corrected chi connectivity index (χ2v) is 6.30. The lowest BCUT2D eigenvalue weighted by atomic mass is 9.61. The standard InChI is InChI=1S/C18H22O7/c1-18(22)9-12(19)14(16(20)24-3)13(15(18)17(21)25-4)10-6-5-7-11(8-10)23-2/h5-8,13-15,22H,9H2,1-4H3/t13-,14-,15+,18+/m0/s1. The van der Waals surface area contributed by atoms with Crippen molar-refractivity contribution in [3.63, 3.8) is 0 Å². The molecule has 1 saturated carbocycles.